The number of carbonyl (C=O) groups excluding carboxylic acids is 2. The quantitative estimate of drug-likeness (QED) is 0.770. The minimum atomic E-state index is -0.498. The molecule has 0 aliphatic carbocycles. The highest BCUT2D eigenvalue weighted by Crippen LogP contribution is 2.33. The van der Waals surface area contributed by atoms with E-state index in [2.05, 4.69) is 5.32 Å². The van der Waals surface area contributed by atoms with Crippen molar-refractivity contribution in [3.05, 3.63) is 45.8 Å². The van der Waals surface area contributed by atoms with Crippen molar-refractivity contribution < 1.29 is 19.1 Å². The molecule has 2 rings (SSSR count). The summed E-state index contributed by atoms with van der Waals surface area (Å²) in [5.74, 6) is -0.192. The first-order valence-electron chi connectivity index (χ1n) is 8.16. The van der Waals surface area contributed by atoms with E-state index in [0.29, 0.717) is 26.8 Å². The van der Waals surface area contributed by atoms with Crippen molar-refractivity contribution in [2.24, 2.45) is 0 Å². The van der Waals surface area contributed by atoms with Crippen molar-refractivity contribution >= 4 is 28.2 Å². The van der Waals surface area contributed by atoms with Crippen LogP contribution >= 0.6 is 11.3 Å². The minimum absolute atomic E-state index is 0.0447. The summed E-state index contributed by atoms with van der Waals surface area (Å²) in [6, 6.07) is 8.75. The molecule has 1 aromatic carbocycles. The van der Waals surface area contributed by atoms with Crippen LogP contribution in [0.2, 0.25) is 0 Å². The highest BCUT2D eigenvalue weighted by Gasteiger charge is 2.22. The van der Waals surface area contributed by atoms with E-state index < -0.39 is 5.97 Å². The molecule has 6 nitrogen and oxygen atoms in total. The number of anilines is 1. The third-order valence-corrected chi connectivity index (χ3v) is 4.62. The van der Waals surface area contributed by atoms with Gasteiger partial charge >= 0.3 is 5.97 Å². The molecule has 1 amide bonds. The van der Waals surface area contributed by atoms with E-state index in [1.807, 2.05) is 19.9 Å². The Labute approximate surface area is 156 Å². The second-order valence-corrected chi connectivity index (χ2v) is 6.76. The maximum atomic E-state index is 12.5. The van der Waals surface area contributed by atoms with Gasteiger partial charge in [-0.3, -0.25) is 4.79 Å². The Morgan fingerprint density at radius 3 is 2.46 bits per heavy atom. The second kappa shape index (κ2) is 8.50. The molecule has 0 radical (unpaired) electrons. The monoisotopic (exact) mass is 372 g/mol. The Balaban J connectivity index is 2.22. The minimum Gasteiger partial charge on any atom is -0.491 e. The molecule has 26 heavy (non-hydrogen) atoms. The molecule has 136 valence electrons. The van der Waals surface area contributed by atoms with Crippen LogP contribution in [0.3, 0.4) is 0 Å². The number of carbonyl (C=O) groups is 2. The number of hydrogen-bond acceptors (Lipinski definition) is 6. The lowest BCUT2D eigenvalue weighted by Gasteiger charge is -2.10. The van der Waals surface area contributed by atoms with Crippen LogP contribution in [0.25, 0.3) is 0 Å². The van der Waals surface area contributed by atoms with Gasteiger partial charge in [0.05, 0.1) is 18.3 Å². The van der Waals surface area contributed by atoms with E-state index in [-0.39, 0.29) is 24.2 Å². The number of hydrogen-bond donors (Lipinski definition) is 1. The molecule has 1 heterocycles. The number of nitrogens with one attached hydrogen (secondary N) is 1. The average molecular weight is 372 g/mol. The lowest BCUT2D eigenvalue weighted by Crippen LogP contribution is -2.12. The predicted molar refractivity (Wildman–Crippen MR) is 99.9 cm³/mol. The van der Waals surface area contributed by atoms with Crippen molar-refractivity contribution in [2.75, 3.05) is 11.9 Å². The van der Waals surface area contributed by atoms with E-state index in [4.69, 9.17) is 9.47 Å². The number of esters is 1. The van der Waals surface area contributed by atoms with Gasteiger partial charge < -0.3 is 14.8 Å². The zero-order valence-corrected chi connectivity index (χ0v) is 15.9. The van der Waals surface area contributed by atoms with Gasteiger partial charge in [-0.25, -0.2) is 4.79 Å². The van der Waals surface area contributed by atoms with Crippen LogP contribution < -0.4 is 10.1 Å². The molecule has 0 unspecified atom stereocenters. The molecule has 0 saturated heterocycles. The third-order valence-electron chi connectivity index (χ3n) is 3.43. The number of rotatable bonds is 6. The Morgan fingerprint density at radius 1 is 1.27 bits per heavy atom. The molecule has 7 heteroatoms. The van der Waals surface area contributed by atoms with Crippen LogP contribution in [0.5, 0.6) is 5.75 Å². The number of ether oxygens (including phenoxy) is 2. The van der Waals surface area contributed by atoms with Gasteiger partial charge in [-0.2, -0.15) is 5.26 Å². The fourth-order valence-corrected chi connectivity index (χ4v) is 3.31. The summed E-state index contributed by atoms with van der Waals surface area (Å²) in [5, 5.41) is 12.4. The van der Waals surface area contributed by atoms with Gasteiger partial charge in [0.15, 0.2) is 0 Å². The van der Waals surface area contributed by atoms with Crippen LogP contribution in [0.1, 0.15) is 51.9 Å². The number of amides is 1. The number of benzene rings is 1. The standard InChI is InChI=1S/C19H20N2O4S/c1-5-24-19(23)16-12(4)15(10-20)18(26-16)21-17(22)13-6-8-14(9-7-13)25-11(2)3/h6-9,11H,5H2,1-4H3,(H,21,22). The molecular formula is C19H20N2O4S. The Morgan fingerprint density at radius 2 is 1.92 bits per heavy atom. The summed E-state index contributed by atoms with van der Waals surface area (Å²) < 4.78 is 10.5. The molecule has 2 aromatic rings. The second-order valence-electron chi connectivity index (χ2n) is 5.74. The van der Waals surface area contributed by atoms with Gasteiger partial charge in [-0.1, -0.05) is 0 Å². The molecule has 0 aliphatic heterocycles. The van der Waals surface area contributed by atoms with E-state index in [0.717, 1.165) is 11.3 Å². The molecule has 1 N–H and O–H groups in total. The van der Waals surface area contributed by atoms with Gasteiger partial charge in [-0.15, -0.1) is 11.3 Å². The molecular weight excluding hydrogens is 352 g/mol. The average Bonchev–Trinajstić information content (AvgIpc) is 2.90. The molecule has 1 aromatic heterocycles. The highest BCUT2D eigenvalue weighted by molar-refractivity contribution is 7.18. The van der Waals surface area contributed by atoms with E-state index in [9.17, 15) is 14.9 Å². The molecule has 0 fully saturated rings. The van der Waals surface area contributed by atoms with Crippen molar-refractivity contribution in [3.63, 3.8) is 0 Å². The molecule has 0 aliphatic rings. The number of nitriles is 1. The smallest absolute Gasteiger partial charge is 0.348 e. The maximum absolute atomic E-state index is 12.5. The van der Waals surface area contributed by atoms with Crippen LogP contribution in [0.15, 0.2) is 24.3 Å². The van der Waals surface area contributed by atoms with Crippen molar-refractivity contribution in [3.8, 4) is 11.8 Å². The predicted octanol–water partition coefficient (Wildman–Crippen LogP) is 4.14. The lowest BCUT2D eigenvalue weighted by atomic mass is 10.1. The van der Waals surface area contributed by atoms with E-state index >= 15 is 0 Å². The largest absolute Gasteiger partial charge is 0.491 e. The van der Waals surface area contributed by atoms with Crippen LogP contribution in [0, 0.1) is 18.3 Å². The summed E-state index contributed by atoms with van der Waals surface area (Å²) >= 11 is 1.04. The first kappa shape index (κ1) is 19.5. The van der Waals surface area contributed by atoms with Crippen LogP contribution in [-0.2, 0) is 4.74 Å². The summed E-state index contributed by atoms with van der Waals surface area (Å²) in [4.78, 5) is 24.8. The van der Waals surface area contributed by atoms with Gasteiger partial charge in [-0.05, 0) is 57.5 Å². The number of nitrogens with zero attached hydrogens (tertiary/aromatic N) is 1. The van der Waals surface area contributed by atoms with Gasteiger partial charge in [0.2, 0.25) is 0 Å². The topological polar surface area (TPSA) is 88.4 Å². The Kier molecular flexibility index (Phi) is 6.36. The first-order valence-corrected chi connectivity index (χ1v) is 8.97. The normalized spacial score (nSPS) is 10.3. The van der Waals surface area contributed by atoms with Crippen molar-refractivity contribution in [2.45, 2.75) is 33.8 Å². The molecule has 0 atom stereocenters. The fourth-order valence-electron chi connectivity index (χ4n) is 2.26. The molecule has 0 spiro atoms. The van der Waals surface area contributed by atoms with Crippen LogP contribution in [-0.4, -0.2) is 24.6 Å². The lowest BCUT2D eigenvalue weighted by molar-refractivity contribution is 0.0531. The maximum Gasteiger partial charge on any atom is 0.348 e. The zero-order valence-electron chi connectivity index (χ0n) is 15.1. The van der Waals surface area contributed by atoms with Gasteiger partial charge in [0.1, 0.15) is 21.7 Å². The molecule has 0 bridgehead atoms. The van der Waals surface area contributed by atoms with Gasteiger partial charge in [0, 0.05) is 5.56 Å². The first-order chi connectivity index (χ1) is 12.4. The van der Waals surface area contributed by atoms with E-state index in [1.165, 1.54) is 0 Å². The Hall–Kier alpha value is -2.85. The SMILES string of the molecule is CCOC(=O)c1sc(NC(=O)c2ccc(OC(C)C)cc2)c(C#N)c1C. The summed E-state index contributed by atoms with van der Waals surface area (Å²) in [6.07, 6.45) is 0.0447. The highest BCUT2D eigenvalue weighted by atomic mass is 32.1. The fraction of sp³-hybridized carbons (Fsp3) is 0.316. The van der Waals surface area contributed by atoms with Crippen molar-refractivity contribution in [1.82, 2.24) is 0 Å². The van der Waals surface area contributed by atoms with Crippen molar-refractivity contribution in [1.29, 1.82) is 5.26 Å². The third kappa shape index (κ3) is 4.41. The van der Waals surface area contributed by atoms with E-state index in [1.54, 1.807) is 38.1 Å². The van der Waals surface area contributed by atoms with Crippen LogP contribution in [0.4, 0.5) is 5.00 Å². The summed E-state index contributed by atoms with van der Waals surface area (Å²) in [5.41, 5.74) is 1.20. The summed E-state index contributed by atoms with van der Waals surface area (Å²) in [7, 11) is 0. The zero-order chi connectivity index (χ0) is 19.3. The molecule has 0 saturated carbocycles. The summed E-state index contributed by atoms with van der Waals surface area (Å²) in [6.45, 7) is 7.45. The Bertz CT molecular complexity index is 848. The van der Waals surface area contributed by atoms with Gasteiger partial charge in [0.25, 0.3) is 5.91 Å². The number of thiophene rings is 1.